The summed E-state index contributed by atoms with van der Waals surface area (Å²) < 4.78 is 15.9. The second-order valence-electron chi connectivity index (χ2n) is 4.30. The third-order valence-corrected chi connectivity index (χ3v) is 2.83. The van der Waals surface area contributed by atoms with E-state index in [4.69, 9.17) is 14.2 Å². The van der Waals surface area contributed by atoms with Gasteiger partial charge in [-0.25, -0.2) is 0 Å². The molecule has 20 heavy (non-hydrogen) atoms. The summed E-state index contributed by atoms with van der Waals surface area (Å²) in [7, 11) is 3.22. The summed E-state index contributed by atoms with van der Waals surface area (Å²) in [5.74, 6) is 1.08. The number of carbonyl (C=O) groups excluding carboxylic acids is 1. The highest BCUT2D eigenvalue weighted by molar-refractivity contribution is 5.81. The lowest BCUT2D eigenvalue weighted by molar-refractivity contribution is -0.128. The molecule has 0 aliphatic rings. The van der Waals surface area contributed by atoms with Crippen LogP contribution in [0, 0.1) is 0 Å². The zero-order chi connectivity index (χ0) is 14.8. The van der Waals surface area contributed by atoms with Crippen LogP contribution < -0.4 is 14.8 Å². The Kier molecular flexibility index (Phi) is 7.50. The van der Waals surface area contributed by atoms with E-state index in [-0.39, 0.29) is 5.91 Å². The quantitative estimate of drug-likeness (QED) is 0.703. The second-order valence-corrected chi connectivity index (χ2v) is 4.30. The second kappa shape index (κ2) is 9.20. The van der Waals surface area contributed by atoms with E-state index in [0.29, 0.717) is 31.1 Å². The smallest absolute Gasteiger partial charge is 0.261 e. The lowest BCUT2D eigenvalue weighted by Crippen LogP contribution is -2.38. The number of rotatable bonds is 9. The van der Waals surface area contributed by atoms with Crippen molar-refractivity contribution < 1.29 is 19.0 Å². The van der Waals surface area contributed by atoms with Crippen molar-refractivity contribution in [2.75, 3.05) is 27.4 Å². The molecule has 112 valence electrons. The van der Waals surface area contributed by atoms with Crippen LogP contribution in [0.3, 0.4) is 0 Å². The summed E-state index contributed by atoms with van der Waals surface area (Å²) in [5.41, 5.74) is 0. The number of ether oxygens (including phenoxy) is 3. The number of methoxy groups -OCH3 is 2. The Morgan fingerprint density at radius 2 is 1.95 bits per heavy atom. The Balaban J connectivity index is 2.55. The van der Waals surface area contributed by atoms with E-state index < -0.39 is 6.10 Å². The average Bonchev–Trinajstić information content (AvgIpc) is 2.49. The van der Waals surface area contributed by atoms with Crippen LogP contribution in [0.15, 0.2) is 24.3 Å². The van der Waals surface area contributed by atoms with Crippen molar-refractivity contribution in [3.05, 3.63) is 24.3 Å². The molecule has 5 nitrogen and oxygen atoms in total. The predicted octanol–water partition coefficient (Wildman–Crippen LogP) is 2.01. The summed E-state index contributed by atoms with van der Waals surface area (Å²) in [6, 6.07) is 7.30. The number of nitrogens with one attached hydrogen (secondary N) is 1. The summed E-state index contributed by atoms with van der Waals surface area (Å²) in [5, 5.41) is 2.84. The van der Waals surface area contributed by atoms with Crippen molar-refractivity contribution in [2.45, 2.75) is 25.9 Å². The van der Waals surface area contributed by atoms with Crippen LogP contribution in [-0.4, -0.2) is 39.4 Å². The fourth-order valence-corrected chi connectivity index (χ4v) is 1.73. The first-order valence-corrected chi connectivity index (χ1v) is 6.79. The molecule has 1 atom stereocenters. The molecule has 0 bridgehead atoms. The summed E-state index contributed by atoms with van der Waals surface area (Å²) in [4.78, 5) is 12.0. The number of carbonyl (C=O) groups is 1. The normalized spacial score (nSPS) is 11.8. The highest BCUT2D eigenvalue weighted by Gasteiger charge is 2.19. The molecule has 5 heteroatoms. The maximum atomic E-state index is 12.0. The largest absolute Gasteiger partial charge is 0.493 e. The highest BCUT2D eigenvalue weighted by atomic mass is 16.5. The van der Waals surface area contributed by atoms with Gasteiger partial charge in [-0.1, -0.05) is 19.1 Å². The molecule has 0 unspecified atom stereocenters. The van der Waals surface area contributed by atoms with Crippen molar-refractivity contribution in [2.24, 2.45) is 0 Å². The molecule has 0 radical (unpaired) electrons. The van der Waals surface area contributed by atoms with E-state index in [1.807, 2.05) is 19.1 Å². The van der Waals surface area contributed by atoms with Crippen LogP contribution in [0.1, 0.15) is 19.8 Å². The molecule has 0 saturated heterocycles. The fourth-order valence-electron chi connectivity index (χ4n) is 1.73. The molecular weight excluding hydrogens is 258 g/mol. The SMILES string of the molecule is CC[C@@H](Oc1ccccc1OC)C(=O)NCCCOC. The molecule has 1 aromatic rings. The van der Waals surface area contributed by atoms with Gasteiger partial charge >= 0.3 is 0 Å². The third kappa shape index (κ3) is 5.09. The van der Waals surface area contributed by atoms with Gasteiger partial charge in [-0.15, -0.1) is 0 Å². The Morgan fingerprint density at radius 1 is 1.25 bits per heavy atom. The van der Waals surface area contributed by atoms with Crippen LogP contribution in [0.2, 0.25) is 0 Å². The monoisotopic (exact) mass is 281 g/mol. The Hall–Kier alpha value is -1.75. The molecule has 0 aromatic heterocycles. The number of amides is 1. The topological polar surface area (TPSA) is 56.8 Å². The molecular formula is C15H23NO4. The molecule has 1 N–H and O–H groups in total. The Labute approximate surface area is 120 Å². The molecule has 0 fully saturated rings. The van der Waals surface area contributed by atoms with Gasteiger partial charge in [0, 0.05) is 20.3 Å². The molecule has 1 aromatic carbocycles. The standard InChI is InChI=1S/C15H23NO4/c1-4-12(15(17)16-10-7-11-18-2)20-14-9-6-5-8-13(14)19-3/h5-6,8-9,12H,4,7,10-11H2,1-3H3,(H,16,17)/t12-/m1/s1. The number of benzene rings is 1. The number of hydrogen-bond acceptors (Lipinski definition) is 4. The van der Waals surface area contributed by atoms with E-state index in [1.54, 1.807) is 26.4 Å². The maximum absolute atomic E-state index is 12.0. The van der Waals surface area contributed by atoms with Gasteiger partial charge in [-0.05, 0) is 25.0 Å². The first-order chi connectivity index (χ1) is 9.72. The maximum Gasteiger partial charge on any atom is 0.261 e. The van der Waals surface area contributed by atoms with Gasteiger partial charge in [0.2, 0.25) is 0 Å². The van der Waals surface area contributed by atoms with Crippen LogP contribution in [0.4, 0.5) is 0 Å². The summed E-state index contributed by atoms with van der Waals surface area (Å²) >= 11 is 0. The van der Waals surface area contributed by atoms with Crippen molar-refractivity contribution in [1.82, 2.24) is 5.32 Å². The predicted molar refractivity (Wildman–Crippen MR) is 77.2 cm³/mol. The molecule has 0 saturated carbocycles. The molecule has 0 aliphatic carbocycles. The van der Waals surface area contributed by atoms with Crippen molar-refractivity contribution in [1.29, 1.82) is 0 Å². The Bertz CT molecular complexity index is 409. The molecule has 0 aliphatic heterocycles. The highest BCUT2D eigenvalue weighted by Crippen LogP contribution is 2.27. The first kappa shape index (κ1) is 16.3. The van der Waals surface area contributed by atoms with E-state index in [1.165, 1.54) is 0 Å². The van der Waals surface area contributed by atoms with Crippen molar-refractivity contribution in [3.8, 4) is 11.5 Å². The minimum atomic E-state index is -0.520. The molecule has 0 spiro atoms. The minimum Gasteiger partial charge on any atom is -0.493 e. The van der Waals surface area contributed by atoms with Crippen LogP contribution in [0.5, 0.6) is 11.5 Å². The zero-order valence-electron chi connectivity index (χ0n) is 12.3. The average molecular weight is 281 g/mol. The zero-order valence-corrected chi connectivity index (χ0v) is 12.3. The summed E-state index contributed by atoms with van der Waals surface area (Å²) in [6.45, 7) is 3.12. The van der Waals surface area contributed by atoms with E-state index in [0.717, 1.165) is 6.42 Å². The Morgan fingerprint density at radius 3 is 2.55 bits per heavy atom. The van der Waals surface area contributed by atoms with Gasteiger partial charge in [-0.3, -0.25) is 4.79 Å². The van der Waals surface area contributed by atoms with E-state index in [9.17, 15) is 4.79 Å². The minimum absolute atomic E-state index is 0.116. The summed E-state index contributed by atoms with van der Waals surface area (Å²) in [6.07, 6.45) is 0.857. The molecule has 1 rings (SSSR count). The van der Waals surface area contributed by atoms with Crippen molar-refractivity contribution >= 4 is 5.91 Å². The van der Waals surface area contributed by atoms with Gasteiger partial charge in [0.1, 0.15) is 0 Å². The van der Waals surface area contributed by atoms with E-state index >= 15 is 0 Å². The van der Waals surface area contributed by atoms with Gasteiger partial charge in [0.15, 0.2) is 17.6 Å². The third-order valence-electron chi connectivity index (χ3n) is 2.83. The van der Waals surface area contributed by atoms with Crippen LogP contribution >= 0.6 is 0 Å². The number of hydrogen-bond donors (Lipinski definition) is 1. The van der Waals surface area contributed by atoms with Gasteiger partial charge in [0.25, 0.3) is 5.91 Å². The lowest BCUT2D eigenvalue weighted by atomic mass is 10.2. The van der Waals surface area contributed by atoms with Crippen LogP contribution in [0.25, 0.3) is 0 Å². The lowest BCUT2D eigenvalue weighted by Gasteiger charge is -2.18. The molecule has 0 heterocycles. The fraction of sp³-hybridized carbons (Fsp3) is 0.533. The molecule has 1 amide bonds. The van der Waals surface area contributed by atoms with Crippen LogP contribution in [-0.2, 0) is 9.53 Å². The first-order valence-electron chi connectivity index (χ1n) is 6.79. The van der Waals surface area contributed by atoms with Crippen molar-refractivity contribution in [3.63, 3.8) is 0 Å². The van der Waals surface area contributed by atoms with Gasteiger partial charge in [-0.2, -0.15) is 0 Å². The van der Waals surface area contributed by atoms with Gasteiger partial charge < -0.3 is 19.5 Å². The van der Waals surface area contributed by atoms with E-state index in [2.05, 4.69) is 5.32 Å². The van der Waals surface area contributed by atoms with Gasteiger partial charge in [0.05, 0.1) is 7.11 Å². The number of para-hydroxylation sites is 2.